The molecule has 0 fully saturated rings. The van der Waals surface area contributed by atoms with Gasteiger partial charge in [0.15, 0.2) is 5.82 Å². The Morgan fingerprint density at radius 2 is 2.14 bits per heavy atom. The maximum absolute atomic E-state index is 12.8. The summed E-state index contributed by atoms with van der Waals surface area (Å²) in [7, 11) is 0. The summed E-state index contributed by atoms with van der Waals surface area (Å²) in [5, 5.41) is -1.11. The van der Waals surface area contributed by atoms with E-state index in [1.54, 1.807) is 0 Å². The number of alkyl halides is 2. The van der Waals surface area contributed by atoms with E-state index in [2.05, 4.69) is 4.98 Å². The number of halogens is 4. The van der Waals surface area contributed by atoms with Crippen molar-refractivity contribution in [3.63, 3.8) is 0 Å². The number of hydrogen-bond acceptors (Lipinski definition) is 3. The third-order valence-electron chi connectivity index (χ3n) is 1.51. The molecule has 0 aliphatic rings. The molecule has 1 aromatic rings. The lowest BCUT2D eigenvalue weighted by molar-refractivity contribution is 0.107. The molecule has 1 aromatic heterocycles. The van der Waals surface area contributed by atoms with Crippen molar-refractivity contribution < 1.29 is 18.0 Å². The number of rotatable bonds is 2. The molecule has 0 bridgehead atoms. The van der Waals surface area contributed by atoms with Gasteiger partial charge in [-0.3, -0.25) is 4.79 Å². The minimum Gasteiger partial charge on any atom is -0.396 e. The van der Waals surface area contributed by atoms with Crippen molar-refractivity contribution in [1.29, 1.82) is 0 Å². The van der Waals surface area contributed by atoms with Gasteiger partial charge in [0.1, 0.15) is 5.69 Å². The number of nitrogens with two attached hydrogens (primary N) is 1. The van der Waals surface area contributed by atoms with E-state index < -0.39 is 34.4 Å². The second-order valence-electron chi connectivity index (χ2n) is 2.36. The minimum atomic E-state index is -3.12. The van der Waals surface area contributed by atoms with Crippen LogP contribution in [0.3, 0.4) is 0 Å². The Labute approximate surface area is 81.7 Å². The van der Waals surface area contributed by atoms with Crippen molar-refractivity contribution in [3.05, 3.63) is 23.3 Å². The highest BCUT2D eigenvalue weighted by Gasteiger charge is 2.22. The van der Waals surface area contributed by atoms with Crippen LogP contribution in [0.4, 0.5) is 18.9 Å². The zero-order chi connectivity index (χ0) is 10.9. The van der Waals surface area contributed by atoms with Crippen molar-refractivity contribution in [1.82, 2.24) is 4.98 Å². The van der Waals surface area contributed by atoms with Crippen molar-refractivity contribution in [2.45, 2.75) is 6.43 Å². The Bertz CT molecular complexity index is 383. The van der Waals surface area contributed by atoms with Crippen LogP contribution in [0.1, 0.15) is 22.5 Å². The van der Waals surface area contributed by atoms with Gasteiger partial charge in [-0.1, -0.05) is 0 Å². The molecule has 3 nitrogen and oxygen atoms in total. The normalized spacial score (nSPS) is 10.6. The summed E-state index contributed by atoms with van der Waals surface area (Å²) >= 11 is 4.99. The Balaban J connectivity index is 3.41. The van der Waals surface area contributed by atoms with E-state index >= 15 is 0 Å². The Kier molecular flexibility index (Phi) is 2.95. The first-order valence-electron chi connectivity index (χ1n) is 3.37. The zero-order valence-electron chi connectivity index (χ0n) is 6.60. The fraction of sp³-hybridized carbons (Fsp3) is 0.143. The van der Waals surface area contributed by atoms with Gasteiger partial charge in [-0.15, -0.1) is 0 Å². The van der Waals surface area contributed by atoms with Gasteiger partial charge in [0.2, 0.25) is 0 Å². The average molecular weight is 225 g/mol. The van der Waals surface area contributed by atoms with Crippen molar-refractivity contribution in [2.75, 3.05) is 5.73 Å². The highest BCUT2D eigenvalue weighted by molar-refractivity contribution is 6.68. The lowest BCUT2D eigenvalue weighted by Gasteiger charge is -2.07. The molecule has 0 radical (unpaired) electrons. The van der Waals surface area contributed by atoms with Gasteiger partial charge in [-0.2, -0.15) is 0 Å². The van der Waals surface area contributed by atoms with Gasteiger partial charge in [0, 0.05) is 0 Å². The van der Waals surface area contributed by atoms with E-state index in [0.717, 1.165) is 0 Å². The third-order valence-corrected chi connectivity index (χ3v) is 1.69. The van der Waals surface area contributed by atoms with Crippen LogP contribution in [-0.2, 0) is 0 Å². The average Bonchev–Trinajstić information content (AvgIpc) is 2.02. The van der Waals surface area contributed by atoms with Gasteiger partial charge in [0.25, 0.3) is 11.7 Å². The SMILES string of the molecule is Nc1c(C(=O)Cl)ncc(F)c1C(F)F. The van der Waals surface area contributed by atoms with E-state index in [1.807, 2.05) is 0 Å². The number of nitrogens with zero attached hydrogens (tertiary/aromatic N) is 1. The third kappa shape index (κ3) is 1.79. The van der Waals surface area contributed by atoms with Gasteiger partial charge in [-0.05, 0) is 11.6 Å². The van der Waals surface area contributed by atoms with E-state index in [4.69, 9.17) is 17.3 Å². The second-order valence-corrected chi connectivity index (χ2v) is 2.70. The smallest absolute Gasteiger partial charge is 0.272 e. The number of anilines is 1. The van der Waals surface area contributed by atoms with E-state index in [9.17, 15) is 18.0 Å². The quantitative estimate of drug-likeness (QED) is 0.783. The molecule has 0 atom stereocenters. The van der Waals surface area contributed by atoms with Gasteiger partial charge < -0.3 is 5.73 Å². The van der Waals surface area contributed by atoms with Crippen molar-refractivity contribution in [2.24, 2.45) is 0 Å². The predicted octanol–water partition coefficient (Wildman–Crippen LogP) is 2.12. The van der Waals surface area contributed by atoms with E-state index in [1.165, 1.54) is 0 Å². The first kappa shape index (κ1) is 10.8. The number of hydrogen-bond donors (Lipinski definition) is 1. The molecule has 0 spiro atoms. The number of aromatic nitrogens is 1. The molecule has 0 saturated carbocycles. The van der Waals surface area contributed by atoms with Crippen LogP contribution in [0.5, 0.6) is 0 Å². The first-order chi connectivity index (χ1) is 6.45. The Hall–Kier alpha value is -1.30. The molecular weight excluding hydrogens is 221 g/mol. The number of carbonyl (C=O) groups excluding carboxylic acids is 1. The molecule has 0 saturated heterocycles. The number of pyridine rings is 1. The standard InChI is InChI=1S/C7H4ClF3N2O/c8-6(14)5-4(12)3(7(10)11)2(9)1-13-5/h1,7H,12H2. The first-order valence-corrected chi connectivity index (χ1v) is 3.74. The summed E-state index contributed by atoms with van der Waals surface area (Å²) in [4.78, 5) is 13.8. The molecule has 1 rings (SSSR count). The lowest BCUT2D eigenvalue weighted by Crippen LogP contribution is -2.07. The van der Waals surface area contributed by atoms with Crippen LogP contribution < -0.4 is 5.73 Å². The Morgan fingerprint density at radius 1 is 1.57 bits per heavy atom. The second kappa shape index (κ2) is 3.83. The van der Waals surface area contributed by atoms with E-state index in [-0.39, 0.29) is 0 Å². The monoisotopic (exact) mass is 224 g/mol. The predicted molar refractivity (Wildman–Crippen MR) is 43.7 cm³/mol. The topological polar surface area (TPSA) is 56.0 Å². The summed E-state index contributed by atoms with van der Waals surface area (Å²) in [6.07, 6.45) is -2.64. The molecule has 0 aliphatic heterocycles. The van der Waals surface area contributed by atoms with Crippen LogP contribution >= 0.6 is 11.6 Å². The maximum Gasteiger partial charge on any atom is 0.272 e. The fourth-order valence-electron chi connectivity index (χ4n) is 0.895. The molecule has 0 aromatic carbocycles. The molecule has 1 heterocycles. The van der Waals surface area contributed by atoms with Crippen LogP contribution in [-0.4, -0.2) is 10.2 Å². The molecule has 0 unspecified atom stereocenters. The highest BCUT2D eigenvalue weighted by Crippen LogP contribution is 2.29. The molecular formula is C7H4ClF3N2O. The zero-order valence-corrected chi connectivity index (χ0v) is 7.36. The summed E-state index contributed by atoms with van der Waals surface area (Å²) < 4.78 is 37.2. The molecule has 7 heteroatoms. The number of nitrogen functional groups attached to an aromatic ring is 1. The lowest BCUT2D eigenvalue weighted by atomic mass is 10.2. The summed E-state index contributed by atoms with van der Waals surface area (Å²) in [6, 6.07) is 0. The summed E-state index contributed by atoms with van der Waals surface area (Å²) in [5.41, 5.74) is 2.76. The van der Waals surface area contributed by atoms with Crippen molar-refractivity contribution in [3.8, 4) is 0 Å². The van der Waals surface area contributed by atoms with Crippen LogP contribution in [0.15, 0.2) is 6.20 Å². The van der Waals surface area contributed by atoms with Gasteiger partial charge >= 0.3 is 0 Å². The highest BCUT2D eigenvalue weighted by atomic mass is 35.5. The molecule has 14 heavy (non-hydrogen) atoms. The van der Waals surface area contributed by atoms with Crippen LogP contribution in [0.2, 0.25) is 0 Å². The summed E-state index contributed by atoms with van der Waals surface area (Å²) in [5.74, 6) is -1.26. The van der Waals surface area contributed by atoms with Crippen LogP contribution in [0.25, 0.3) is 0 Å². The molecule has 0 aliphatic carbocycles. The summed E-state index contributed by atoms with van der Waals surface area (Å²) in [6.45, 7) is 0. The number of carbonyl (C=O) groups is 1. The molecule has 0 amide bonds. The van der Waals surface area contributed by atoms with Crippen molar-refractivity contribution >= 4 is 22.5 Å². The fourth-order valence-corrected chi connectivity index (χ4v) is 1.05. The Morgan fingerprint density at radius 3 is 2.57 bits per heavy atom. The molecule has 2 N–H and O–H groups in total. The largest absolute Gasteiger partial charge is 0.396 e. The minimum absolute atomic E-state index is 0.480. The van der Waals surface area contributed by atoms with Gasteiger partial charge in [-0.25, -0.2) is 18.2 Å². The maximum atomic E-state index is 12.8. The van der Waals surface area contributed by atoms with Gasteiger partial charge in [0.05, 0.1) is 17.4 Å². The van der Waals surface area contributed by atoms with E-state index in [0.29, 0.717) is 6.20 Å². The van der Waals surface area contributed by atoms with Crippen LogP contribution in [0, 0.1) is 5.82 Å². The molecule has 76 valence electrons.